The third-order valence-electron chi connectivity index (χ3n) is 4.63. The van der Waals surface area contributed by atoms with Crippen LogP contribution < -0.4 is 16.6 Å². The second-order valence-electron chi connectivity index (χ2n) is 6.04. The fraction of sp³-hybridized carbons (Fsp3) is 0.375. The fourth-order valence-electron chi connectivity index (χ4n) is 3.61. The summed E-state index contributed by atoms with van der Waals surface area (Å²) < 4.78 is 1.94. The number of nitrogens with two attached hydrogens (primary N) is 1. The van der Waals surface area contributed by atoms with Crippen LogP contribution in [0, 0.1) is 5.92 Å². The molecule has 4 rings (SSSR count). The molecule has 2 aliphatic heterocycles. The molecule has 1 saturated heterocycles. The van der Waals surface area contributed by atoms with Gasteiger partial charge in [0.05, 0.1) is 0 Å². The van der Waals surface area contributed by atoms with Gasteiger partial charge in [-0.25, -0.2) is 0 Å². The van der Waals surface area contributed by atoms with Crippen molar-refractivity contribution in [3.05, 3.63) is 46.6 Å². The van der Waals surface area contributed by atoms with Crippen LogP contribution in [-0.4, -0.2) is 22.6 Å². The first-order valence-corrected chi connectivity index (χ1v) is 7.38. The van der Waals surface area contributed by atoms with Gasteiger partial charge in [0.2, 0.25) is 0 Å². The topological polar surface area (TPSA) is 72.9 Å². The fourth-order valence-corrected chi connectivity index (χ4v) is 3.61. The van der Waals surface area contributed by atoms with E-state index < -0.39 is 0 Å². The molecule has 21 heavy (non-hydrogen) atoms. The lowest BCUT2D eigenvalue weighted by atomic mass is 9.83. The molecule has 0 spiro atoms. The number of piperidine rings is 1. The molecule has 4 heterocycles. The molecule has 0 saturated carbocycles. The van der Waals surface area contributed by atoms with Gasteiger partial charge in [-0.2, -0.15) is 0 Å². The lowest BCUT2D eigenvalue weighted by Gasteiger charge is -2.37. The number of hydrogen-bond donors (Lipinski definition) is 2. The predicted molar refractivity (Wildman–Crippen MR) is 82.1 cm³/mol. The van der Waals surface area contributed by atoms with Crippen LogP contribution in [0.15, 0.2) is 35.4 Å². The summed E-state index contributed by atoms with van der Waals surface area (Å²) in [7, 11) is 0. The molecular weight excluding hydrogens is 264 g/mol. The van der Waals surface area contributed by atoms with Gasteiger partial charge in [-0.15, -0.1) is 0 Å². The summed E-state index contributed by atoms with van der Waals surface area (Å²) in [4.78, 5) is 16.6. The molecule has 1 fully saturated rings. The minimum atomic E-state index is 0.0716. The van der Waals surface area contributed by atoms with E-state index in [0.29, 0.717) is 17.5 Å². The van der Waals surface area contributed by atoms with E-state index in [1.165, 1.54) is 6.42 Å². The van der Waals surface area contributed by atoms with E-state index in [9.17, 15) is 4.79 Å². The summed E-state index contributed by atoms with van der Waals surface area (Å²) in [5.74, 6) is 0.992. The van der Waals surface area contributed by atoms with E-state index in [-0.39, 0.29) is 5.56 Å². The minimum Gasteiger partial charge on any atom is -0.398 e. The van der Waals surface area contributed by atoms with Gasteiger partial charge >= 0.3 is 0 Å². The summed E-state index contributed by atoms with van der Waals surface area (Å²) in [6.45, 7) is 2.78. The average Bonchev–Trinajstić information content (AvgIpc) is 2.49. The lowest BCUT2D eigenvalue weighted by Crippen LogP contribution is -2.44. The first kappa shape index (κ1) is 12.6. The normalized spacial score (nSPS) is 23.6. The van der Waals surface area contributed by atoms with Crippen LogP contribution in [0.4, 0.5) is 5.69 Å². The zero-order valence-corrected chi connectivity index (χ0v) is 11.7. The van der Waals surface area contributed by atoms with Crippen LogP contribution in [0.1, 0.15) is 18.0 Å². The highest BCUT2D eigenvalue weighted by atomic mass is 16.1. The Morgan fingerprint density at radius 2 is 2.24 bits per heavy atom. The quantitative estimate of drug-likeness (QED) is 0.824. The molecule has 2 aromatic heterocycles. The Morgan fingerprint density at radius 1 is 1.33 bits per heavy atom. The van der Waals surface area contributed by atoms with Crippen LogP contribution in [0.3, 0.4) is 0 Å². The average molecular weight is 282 g/mol. The van der Waals surface area contributed by atoms with Gasteiger partial charge in [-0.1, -0.05) is 0 Å². The Morgan fingerprint density at radius 3 is 3.10 bits per heavy atom. The van der Waals surface area contributed by atoms with Gasteiger partial charge < -0.3 is 15.6 Å². The molecule has 0 radical (unpaired) electrons. The maximum Gasteiger partial charge on any atom is 0.251 e. The van der Waals surface area contributed by atoms with Crippen molar-refractivity contribution in [2.75, 3.05) is 18.8 Å². The van der Waals surface area contributed by atoms with Gasteiger partial charge in [0.1, 0.15) is 0 Å². The highest BCUT2D eigenvalue weighted by molar-refractivity contribution is 5.75. The highest BCUT2D eigenvalue weighted by Crippen LogP contribution is 2.34. The highest BCUT2D eigenvalue weighted by Gasteiger charge is 2.31. The molecule has 0 amide bonds. The largest absolute Gasteiger partial charge is 0.398 e. The monoisotopic (exact) mass is 282 g/mol. The molecule has 2 atom stereocenters. The second-order valence-corrected chi connectivity index (χ2v) is 6.04. The number of nitrogens with zero attached hydrogens (tertiary/aromatic N) is 2. The molecule has 5 nitrogen and oxygen atoms in total. The molecule has 108 valence electrons. The Bertz CT molecular complexity index is 752. The molecule has 0 aromatic carbocycles. The SMILES string of the molecule is Nc1ccncc1-c1cc2n(c(=O)c1)C[C@@H]1CNC[C@H]2C1. The molecule has 2 aliphatic rings. The first-order chi connectivity index (χ1) is 10.2. The smallest absolute Gasteiger partial charge is 0.251 e. The summed E-state index contributed by atoms with van der Waals surface area (Å²) >= 11 is 0. The van der Waals surface area contributed by atoms with Gasteiger partial charge in [0.15, 0.2) is 0 Å². The summed E-state index contributed by atoms with van der Waals surface area (Å²) in [6, 6.07) is 5.57. The van der Waals surface area contributed by atoms with Crippen molar-refractivity contribution in [3.63, 3.8) is 0 Å². The third-order valence-corrected chi connectivity index (χ3v) is 4.63. The summed E-state index contributed by atoms with van der Waals surface area (Å²) in [6.07, 6.45) is 4.56. The number of hydrogen-bond acceptors (Lipinski definition) is 4. The number of anilines is 1. The molecule has 0 aliphatic carbocycles. The van der Waals surface area contributed by atoms with Crippen molar-refractivity contribution in [2.24, 2.45) is 5.92 Å². The Balaban J connectivity index is 1.88. The second kappa shape index (κ2) is 4.70. The van der Waals surface area contributed by atoms with E-state index >= 15 is 0 Å². The predicted octanol–water partition coefficient (Wildman–Crippen LogP) is 1.20. The number of pyridine rings is 2. The number of nitrogen functional groups attached to an aromatic ring is 1. The zero-order chi connectivity index (χ0) is 14.4. The van der Waals surface area contributed by atoms with Crippen LogP contribution in [-0.2, 0) is 6.54 Å². The first-order valence-electron chi connectivity index (χ1n) is 7.38. The molecule has 5 heteroatoms. The minimum absolute atomic E-state index is 0.0716. The van der Waals surface area contributed by atoms with Crippen molar-refractivity contribution in [1.82, 2.24) is 14.9 Å². The van der Waals surface area contributed by atoms with E-state index in [1.54, 1.807) is 24.5 Å². The summed E-state index contributed by atoms with van der Waals surface area (Å²) in [5, 5.41) is 3.47. The van der Waals surface area contributed by atoms with Crippen molar-refractivity contribution in [3.8, 4) is 11.1 Å². The van der Waals surface area contributed by atoms with Gasteiger partial charge in [-0.3, -0.25) is 9.78 Å². The molecular formula is C16H18N4O. The van der Waals surface area contributed by atoms with E-state index in [2.05, 4.69) is 16.4 Å². The summed E-state index contributed by atoms with van der Waals surface area (Å²) in [5.41, 5.74) is 9.59. The van der Waals surface area contributed by atoms with Crippen LogP contribution in [0.25, 0.3) is 11.1 Å². The zero-order valence-electron chi connectivity index (χ0n) is 11.7. The maximum atomic E-state index is 12.5. The van der Waals surface area contributed by atoms with Crippen molar-refractivity contribution >= 4 is 5.69 Å². The number of aromatic nitrogens is 2. The number of fused-ring (bicyclic) bond motifs is 4. The maximum absolute atomic E-state index is 12.5. The molecule has 0 unspecified atom stereocenters. The van der Waals surface area contributed by atoms with Crippen molar-refractivity contribution in [2.45, 2.75) is 18.9 Å². The number of rotatable bonds is 1. The Labute approximate surface area is 122 Å². The van der Waals surface area contributed by atoms with E-state index in [4.69, 9.17) is 5.73 Å². The lowest BCUT2D eigenvalue weighted by molar-refractivity contribution is 0.257. The Hall–Kier alpha value is -2.14. The van der Waals surface area contributed by atoms with Gasteiger partial charge in [-0.05, 0) is 36.6 Å². The van der Waals surface area contributed by atoms with Gasteiger partial charge in [0, 0.05) is 54.4 Å². The number of nitrogens with one attached hydrogen (secondary N) is 1. The standard InChI is InChI=1S/C16H18N4O/c17-14-1-2-18-8-13(14)11-4-15-12-3-10(6-19-7-12)9-20(15)16(21)5-11/h1-2,4-5,8,10,12,19H,3,6-7,9H2,(H2,17,18)/t10-,12+/m0/s1. The molecule has 3 N–H and O–H groups in total. The van der Waals surface area contributed by atoms with Crippen molar-refractivity contribution in [1.29, 1.82) is 0 Å². The van der Waals surface area contributed by atoms with Gasteiger partial charge in [0.25, 0.3) is 5.56 Å². The van der Waals surface area contributed by atoms with E-state index in [1.807, 2.05) is 4.57 Å². The third kappa shape index (κ3) is 2.05. The molecule has 2 bridgehead atoms. The van der Waals surface area contributed by atoms with Crippen LogP contribution >= 0.6 is 0 Å². The van der Waals surface area contributed by atoms with Crippen molar-refractivity contribution < 1.29 is 0 Å². The van der Waals surface area contributed by atoms with Crippen LogP contribution in [0.2, 0.25) is 0 Å². The van der Waals surface area contributed by atoms with E-state index in [0.717, 1.165) is 36.5 Å². The Kier molecular flexibility index (Phi) is 2.82. The van der Waals surface area contributed by atoms with Crippen LogP contribution in [0.5, 0.6) is 0 Å². The molecule has 2 aromatic rings.